The lowest BCUT2D eigenvalue weighted by atomic mass is 9.87. The van der Waals surface area contributed by atoms with Crippen LogP contribution in [-0.4, -0.2) is 0 Å². The molecule has 0 saturated carbocycles. The Morgan fingerprint density at radius 1 is 0.273 bits per heavy atom. The van der Waals surface area contributed by atoms with Gasteiger partial charge in [-0.3, -0.25) is 0 Å². The second kappa shape index (κ2) is 16.6. The van der Waals surface area contributed by atoms with Gasteiger partial charge in [0.05, 0.1) is 0 Å². The maximum absolute atomic E-state index is 7.08. The molecule has 0 aromatic heterocycles. The molecule has 9 aromatic rings. The third-order valence-electron chi connectivity index (χ3n) is 12.6. The van der Waals surface area contributed by atoms with Crippen molar-refractivity contribution < 1.29 is 18.9 Å². The van der Waals surface area contributed by atoms with Crippen molar-refractivity contribution in [3.05, 3.63) is 165 Å². The minimum absolute atomic E-state index is 0.00338. The third-order valence-corrected chi connectivity index (χ3v) is 14.0. The summed E-state index contributed by atoms with van der Waals surface area (Å²) >= 11 is 8.05. The summed E-state index contributed by atoms with van der Waals surface area (Å²) in [6, 6.07) is 46.3. The zero-order valence-corrected chi connectivity index (χ0v) is 43.3. The van der Waals surface area contributed by atoms with Crippen molar-refractivity contribution >= 4 is 74.9 Å². The molecule has 0 spiro atoms. The highest BCUT2D eigenvalue weighted by atomic mass is 79.9. The van der Waals surface area contributed by atoms with Crippen molar-refractivity contribution in [3.8, 4) is 46.0 Å². The van der Waals surface area contributed by atoms with Crippen molar-refractivity contribution in [2.24, 2.45) is 0 Å². The molecule has 4 nitrogen and oxygen atoms in total. The number of ether oxygens (including phenoxy) is 4. The molecule has 6 heteroatoms. The molecular weight excluding hydrogens is 944 g/mol. The Morgan fingerprint density at radius 2 is 0.500 bits per heavy atom. The molecule has 0 fully saturated rings. The van der Waals surface area contributed by atoms with Crippen LogP contribution >= 0.6 is 31.9 Å². The van der Waals surface area contributed by atoms with Gasteiger partial charge in [-0.1, -0.05) is 163 Å². The molecule has 0 bridgehead atoms. The first-order chi connectivity index (χ1) is 31.0. The van der Waals surface area contributed by atoms with Crippen LogP contribution in [0.4, 0.5) is 0 Å². The molecule has 0 aliphatic carbocycles. The molecule has 0 aliphatic heterocycles. The fourth-order valence-electron chi connectivity index (χ4n) is 8.78. The zero-order valence-electron chi connectivity index (χ0n) is 40.1. The van der Waals surface area contributed by atoms with E-state index in [4.69, 9.17) is 18.9 Å². The Kier molecular flexibility index (Phi) is 11.5. The van der Waals surface area contributed by atoms with E-state index in [1.165, 1.54) is 22.3 Å². The maximum atomic E-state index is 7.08. The van der Waals surface area contributed by atoms with Gasteiger partial charge in [-0.15, -0.1) is 0 Å². The minimum atomic E-state index is -0.00660. The van der Waals surface area contributed by atoms with Gasteiger partial charge >= 0.3 is 0 Å². The van der Waals surface area contributed by atoms with E-state index < -0.39 is 0 Å². The molecule has 336 valence electrons. The van der Waals surface area contributed by atoms with Gasteiger partial charge in [-0.2, -0.15) is 0 Å². The molecule has 0 aliphatic rings. The molecule has 0 heterocycles. The molecule has 0 saturated heterocycles. The molecule has 0 unspecified atom stereocenters. The van der Waals surface area contributed by atoms with Gasteiger partial charge in [0, 0.05) is 41.3 Å². The van der Waals surface area contributed by atoms with E-state index in [1.54, 1.807) is 0 Å². The first kappa shape index (κ1) is 45.6. The van der Waals surface area contributed by atoms with E-state index in [9.17, 15) is 0 Å². The second-order valence-corrected chi connectivity index (χ2v) is 23.4. The molecule has 9 aromatic carbocycles. The second-order valence-electron chi connectivity index (χ2n) is 21.7. The predicted molar refractivity (Wildman–Crippen MR) is 284 cm³/mol. The number of rotatable bonds is 8. The number of hydrogen-bond acceptors (Lipinski definition) is 4. The van der Waals surface area contributed by atoms with Gasteiger partial charge in [-0.25, -0.2) is 0 Å². The van der Waals surface area contributed by atoms with Crippen LogP contribution in [0.3, 0.4) is 0 Å². The SMILES string of the molecule is CC(C)(C)c1ccc(Oc2ccc3c(Br)cc(Oc4ccc(C(C)(C)C)cc4)c4c5c(Oc6ccc(C(C)(C)C)cc6)ccc6c(Br)cc(Oc7ccc(C(C)(C)C)cc7)c(c2c34)c65)cc1. The highest BCUT2D eigenvalue weighted by Gasteiger charge is 2.28. The smallest absolute Gasteiger partial charge is 0.137 e. The van der Waals surface area contributed by atoms with Crippen LogP contribution in [-0.2, 0) is 21.7 Å². The summed E-state index contributed by atoms with van der Waals surface area (Å²) in [6.45, 7) is 26.7. The largest absolute Gasteiger partial charge is 0.457 e. The fourth-order valence-corrected chi connectivity index (χ4v) is 9.86. The average Bonchev–Trinajstić information content (AvgIpc) is 3.24. The average molecular weight is 1000 g/mol. The van der Waals surface area contributed by atoms with E-state index in [1.807, 2.05) is 0 Å². The molecule has 9 rings (SSSR count). The topological polar surface area (TPSA) is 36.9 Å². The number of benzene rings is 9. The standard InChI is InChI=1S/C60H58Br2O4/c1-57(2,3)35-13-21-39(22-14-35)63-47-31-29-43-45(61)34-50(66-42-27-19-38(20-28-42)60(10,11)12)56-51(43)53(47)55-49(65-41-25-17-37(18-26-41)59(7,8)9)33-46(62)44-30-32-48(54(56)52(44)55)64-40-23-15-36(16-24-40)58(4,5)6/h13-34H,1-12H3. The number of hydrogen-bond donors (Lipinski definition) is 0. The third kappa shape index (κ3) is 8.75. The fraction of sp³-hybridized carbons (Fsp3) is 0.267. The molecule has 0 radical (unpaired) electrons. The monoisotopic (exact) mass is 1000 g/mol. The maximum Gasteiger partial charge on any atom is 0.137 e. The molecule has 66 heavy (non-hydrogen) atoms. The van der Waals surface area contributed by atoms with Gasteiger partial charge in [0.15, 0.2) is 0 Å². The summed E-state index contributed by atoms with van der Waals surface area (Å²) in [7, 11) is 0. The summed E-state index contributed by atoms with van der Waals surface area (Å²) in [5, 5.41) is 7.50. The van der Waals surface area contributed by atoms with Crippen LogP contribution in [0.2, 0.25) is 0 Å². The van der Waals surface area contributed by atoms with Crippen molar-refractivity contribution in [1.82, 2.24) is 0 Å². The Labute approximate surface area is 406 Å². The van der Waals surface area contributed by atoms with E-state index in [0.29, 0.717) is 23.0 Å². The Hall–Kier alpha value is -5.56. The molecular formula is C60H58Br2O4. The van der Waals surface area contributed by atoms with Gasteiger partial charge < -0.3 is 18.9 Å². The van der Waals surface area contributed by atoms with Gasteiger partial charge in [0.2, 0.25) is 0 Å². The lowest BCUT2D eigenvalue weighted by molar-refractivity contribution is 0.481. The van der Waals surface area contributed by atoms with Crippen LogP contribution in [0.5, 0.6) is 46.0 Å². The summed E-state index contributed by atoms with van der Waals surface area (Å²) in [4.78, 5) is 0. The number of halogens is 2. The van der Waals surface area contributed by atoms with Gasteiger partial charge in [0.1, 0.15) is 46.0 Å². The first-order valence-electron chi connectivity index (χ1n) is 22.8. The Balaban J connectivity index is 1.39. The van der Waals surface area contributed by atoms with E-state index in [0.717, 1.165) is 75.0 Å². The van der Waals surface area contributed by atoms with E-state index in [2.05, 4.69) is 248 Å². The normalized spacial score (nSPS) is 12.7. The predicted octanol–water partition coefficient (Wildman–Crippen LogP) is 19.6. The summed E-state index contributed by atoms with van der Waals surface area (Å²) in [5.41, 5.74) is 4.90. The highest BCUT2D eigenvalue weighted by Crippen LogP contribution is 2.56. The van der Waals surface area contributed by atoms with Crippen LogP contribution < -0.4 is 18.9 Å². The Morgan fingerprint density at radius 3 is 0.742 bits per heavy atom. The highest BCUT2D eigenvalue weighted by molar-refractivity contribution is 9.11. The van der Waals surface area contributed by atoms with Crippen molar-refractivity contribution in [2.45, 2.75) is 105 Å². The zero-order chi connectivity index (χ0) is 47.1. The minimum Gasteiger partial charge on any atom is -0.457 e. The van der Waals surface area contributed by atoms with Crippen LogP contribution in [0.15, 0.2) is 142 Å². The molecule has 0 amide bonds. The molecule has 0 N–H and O–H groups in total. The van der Waals surface area contributed by atoms with Crippen molar-refractivity contribution in [1.29, 1.82) is 0 Å². The van der Waals surface area contributed by atoms with Crippen molar-refractivity contribution in [3.63, 3.8) is 0 Å². The number of fused-ring (bicyclic) bond motifs is 2. The molecule has 0 atom stereocenters. The van der Waals surface area contributed by atoms with E-state index >= 15 is 0 Å². The van der Waals surface area contributed by atoms with Gasteiger partial charge in [0.25, 0.3) is 0 Å². The van der Waals surface area contributed by atoms with Crippen LogP contribution in [0.25, 0.3) is 43.1 Å². The van der Waals surface area contributed by atoms with Crippen LogP contribution in [0, 0.1) is 0 Å². The summed E-state index contributed by atoms with van der Waals surface area (Å²) in [5.74, 6) is 5.67. The van der Waals surface area contributed by atoms with Crippen molar-refractivity contribution in [2.75, 3.05) is 0 Å². The lowest BCUT2D eigenvalue weighted by Crippen LogP contribution is -2.10. The summed E-state index contributed by atoms with van der Waals surface area (Å²) in [6.07, 6.45) is 0. The van der Waals surface area contributed by atoms with Gasteiger partial charge in [-0.05, 0) is 140 Å². The lowest BCUT2D eigenvalue weighted by Gasteiger charge is -2.24. The van der Waals surface area contributed by atoms with Crippen LogP contribution in [0.1, 0.15) is 105 Å². The quantitative estimate of drug-likeness (QED) is 0.112. The first-order valence-corrected chi connectivity index (χ1v) is 24.4. The summed E-state index contributed by atoms with van der Waals surface area (Å²) < 4.78 is 30.0. The Bertz CT molecular complexity index is 3010. The van der Waals surface area contributed by atoms with E-state index in [-0.39, 0.29) is 21.7 Å².